The molecule has 0 saturated heterocycles. The Morgan fingerprint density at radius 3 is 1.17 bits per heavy atom. The number of amides is 2. The second-order valence-electron chi connectivity index (χ2n) is 7.74. The van der Waals surface area contributed by atoms with Crippen LogP contribution in [-0.2, 0) is 0 Å². The van der Waals surface area contributed by atoms with E-state index < -0.39 is 0 Å². The number of nitrogens with one attached hydrogen (secondary N) is 2. The van der Waals surface area contributed by atoms with Crippen LogP contribution in [0.3, 0.4) is 0 Å². The van der Waals surface area contributed by atoms with E-state index in [1.165, 1.54) is 0 Å². The molecule has 8 heteroatoms. The number of hydrogen-bond acceptors (Lipinski definition) is 6. The van der Waals surface area contributed by atoms with Gasteiger partial charge in [0.05, 0.1) is 25.6 Å². The zero-order valence-corrected chi connectivity index (χ0v) is 20.9. The number of rotatable bonds is 10. The summed E-state index contributed by atoms with van der Waals surface area (Å²) in [6.07, 6.45) is 1.28. The van der Waals surface area contributed by atoms with Gasteiger partial charge in [0, 0.05) is 11.1 Å². The lowest BCUT2D eigenvalue weighted by molar-refractivity contribution is 0.0943. The molecule has 0 aromatic heterocycles. The van der Waals surface area contributed by atoms with Gasteiger partial charge in [0.1, 0.15) is 11.5 Å². The molecule has 0 aliphatic heterocycles. The third-order valence-electron chi connectivity index (χ3n) is 5.51. The third kappa shape index (κ3) is 6.79. The van der Waals surface area contributed by atoms with Gasteiger partial charge in [-0.05, 0) is 96.8 Å². The lowest BCUT2D eigenvalue weighted by Gasteiger charge is -2.08. The Bertz CT molecular complexity index is 1130. The van der Waals surface area contributed by atoms with Gasteiger partial charge in [-0.25, -0.2) is 10.9 Å². The quantitative estimate of drug-likeness (QED) is 0.318. The molecule has 0 fully saturated rings. The van der Waals surface area contributed by atoms with Gasteiger partial charge in [-0.15, -0.1) is 0 Å². The number of carbonyl (C=O) groups is 2. The molecule has 186 valence electrons. The summed E-state index contributed by atoms with van der Waals surface area (Å²) < 4.78 is 10.4. The number of benzene rings is 3. The molecular formula is C28H30N4O4. The number of hydrazone groups is 2. The average Bonchev–Trinajstić information content (AvgIpc) is 2.94. The fourth-order valence-corrected chi connectivity index (χ4v) is 3.40. The molecule has 8 nitrogen and oxygen atoms in total. The molecule has 3 rings (SSSR count). The summed E-state index contributed by atoms with van der Waals surface area (Å²) in [7, 11) is 3.22. The van der Waals surface area contributed by atoms with Crippen molar-refractivity contribution in [2.75, 3.05) is 14.2 Å². The fourth-order valence-electron chi connectivity index (χ4n) is 3.40. The molecule has 0 spiro atoms. The van der Waals surface area contributed by atoms with Gasteiger partial charge in [-0.2, -0.15) is 10.2 Å². The molecule has 0 saturated carbocycles. The maximum Gasteiger partial charge on any atom is 0.271 e. The van der Waals surface area contributed by atoms with Crippen LogP contribution in [-0.4, -0.2) is 37.5 Å². The molecule has 0 aliphatic rings. The predicted octanol–water partition coefficient (Wildman–Crippen LogP) is 4.79. The van der Waals surface area contributed by atoms with E-state index in [9.17, 15) is 9.59 Å². The third-order valence-corrected chi connectivity index (χ3v) is 5.51. The first-order valence-corrected chi connectivity index (χ1v) is 11.6. The van der Waals surface area contributed by atoms with Crippen LogP contribution in [0.25, 0.3) is 0 Å². The molecule has 3 aromatic carbocycles. The van der Waals surface area contributed by atoms with Crippen molar-refractivity contribution in [1.82, 2.24) is 10.9 Å². The highest BCUT2D eigenvalue weighted by Crippen LogP contribution is 2.14. The Morgan fingerprint density at radius 1 is 0.583 bits per heavy atom. The summed E-state index contributed by atoms with van der Waals surface area (Å²) in [6, 6.07) is 21.2. The van der Waals surface area contributed by atoms with E-state index in [4.69, 9.17) is 9.47 Å². The Labute approximate surface area is 211 Å². The molecule has 36 heavy (non-hydrogen) atoms. The van der Waals surface area contributed by atoms with E-state index >= 15 is 0 Å². The van der Waals surface area contributed by atoms with E-state index in [0.717, 1.165) is 34.0 Å². The van der Waals surface area contributed by atoms with Crippen LogP contribution in [0.5, 0.6) is 11.5 Å². The van der Waals surface area contributed by atoms with E-state index in [2.05, 4.69) is 21.1 Å². The largest absolute Gasteiger partial charge is 0.497 e. The first-order valence-electron chi connectivity index (χ1n) is 11.6. The van der Waals surface area contributed by atoms with Gasteiger partial charge in [0.2, 0.25) is 0 Å². The van der Waals surface area contributed by atoms with Gasteiger partial charge < -0.3 is 9.47 Å². The van der Waals surface area contributed by atoms with Crippen molar-refractivity contribution in [1.29, 1.82) is 0 Å². The molecule has 3 aromatic rings. The van der Waals surface area contributed by atoms with E-state index in [1.807, 2.05) is 62.4 Å². The SMILES string of the molecule is CCC(=NNC(=O)c1ccc(C(=O)NN=C(CC)c2ccc(OC)cc2)cc1)c1ccc(OC)cc1. The van der Waals surface area contributed by atoms with Crippen molar-refractivity contribution < 1.29 is 19.1 Å². The summed E-state index contributed by atoms with van der Waals surface area (Å²) in [4.78, 5) is 25.1. The van der Waals surface area contributed by atoms with Crippen LogP contribution >= 0.6 is 0 Å². The highest BCUT2D eigenvalue weighted by atomic mass is 16.5. The lowest BCUT2D eigenvalue weighted by atomic mass is 10.1. The standard InChI is InChI=1S/C28H30N4O4/c1-5-25(19-11-15-23(35-3)16-12-19)29-31-27(33)21-7-9-22(10-8-21)28(34)32-30-26(6-2)20-13-17-24(36-4)18-14-20/h7-18H,5-6H2,1-4H3,(H,31,33)(H,32,34). The average molecular weight is 487 g/mol. The number of carbonyl (C=O) groups excluding carboxylic acids is 2. The Morgan fingerprint density at radius 2 is 0.889 bits per heavy atom. The van der Waals surface area contributed by atoms with Gasteiger partial charge in [-0.3, -0.25) is 9.59 Å². The van der Waals surface area contributed by atoms with Gasteiger partial charge in [0.15, 0.2) is 0 Å². The molecule has 2 N–H and O–H groups in total. The second-order valence-corrected chi connectivity index (χ2v) is 7.74. The first kappa shape index (κ1) is 26.2. The van der Waals surface area contributed by atoms with Crippen molar-refractivity contribution in [2.45, 2.75) is 26.7 Å². The fraction of sp³-hybridized carbons (Fsp3) is 0.214. The first-order chi connectivity index (χ1) is 17.5. The number of ether oxygens (including phenoxy) is 2. The second kappa shape index (κ2) is 12.9. The minimum atomic E-state index is -0.368. The van der Waals surface area contributed by atoms with Crippen LogP contribution in [0.1, 0.15) is 58.5 Å². The highest BCUT2D eigenvalue weighted by Gasteiger charge is 2.10. The minimum absolute atomic E-state index is 0.368. The molecular weight excluding hydrogens is 456 g/mol. The zero-order chi connectivity index (χ0) is 25.9. The summed E-state index contributed by atoms with van der Waals surface area (Å²) in [5, 5.41) is 8.54. The zero-order valence-electron chi connectivity index (χ0n) is 20.9. The molecule has 0 heterocycles. The van der Waals surface area contributed by atoms with Crippen molar-refractivity contribution >= 4 is 23.2 Å². The Kier molecular flexibility index (Phi) is 9.33. The number of nitrogens with zero attached hydrogens (tertiary/aromatic N) is 2. The van der Waals surface area contributed by atoms with Gasteiger partial charge in [0.25, 0.3) is 11.8 Å². The molecule has 0 radical (unpaired) electrons. The van der Waals surface area contributed by atoms with Crippen LogP contribution in [0, 0.1) is 0 Å². The topological polar surface area (TPSA) is 101 Å². The van der Waals surface area contributed by atoms with E-state index in [1.54, 1.807) is 38.5 Å². The summed E-state index contributed by atoms with van der Waals surface area (Å²) in [5.74, 6) is 0.763. The molecule has 0 unspecified atom stereocenters. The van der Waals surface area contributed by atoms with Crippen molar-refractivity contribution in [3.05, 3.63) is 95.1 Å². The predicted molar refractivity (Wildman–Crippen MR) is 141 cm³/mol. The Balaban J connectivity index is 1.63. The van der Waals surface area contributed by atoms with Crippen LogP contribution in [0.4, 0.5) is 0 Å². The van der Waals surface area contributed by atoms with Crippen LogP contribution in [0.2, 0.25) is 0 Å². The van der Waals surface area contributed by atoms with Crippen molar-refractivity contribution in [2.24, 2.45) is 10.2 Å². The molecule has 0 bridgehead atoms. The van der Waals surface area contributed by atoms with Gasteiger partial charge in [-0.1, -0.05) is 13.8 Å². The monoisotopic (exact) mass is 486 g/mol. The molecule has 0 aliphatic carbocycles. The summed E-state index contributed by atoms with van der Waals surface area (Å²) in [5.41, 5.74) is 9.21. The maximum atomic E-state index is 12.6. The highest BCUT2D eigenvalue weighted by molar-refractivity contribution is 6.03. The summed E-state index contributed by atoms with van der Waals surface area (Å²) in [6.45, 7) is 3.92. The molecule has 2 amide bonds. The van der Waals surface area contributed by atoms with Crippen LogP contribution in [0.15, 0.2) is 83.0 Å². The van der Waals surface area contributed by atoms with E-state index in [0.29, 0.717) is 24.0 Å². The van der Waals surface area contributed by atoms with Crippen LogP contribution < -0.4 is 20.3 Å². The maximum absolute atomic E-state index is 12.6. The minimum Gasteiger partial charge on any atom is -0.497 e. The van der Waals surface area contributed by atoms with Crippen molar-refractivity contribution in [3.63, 3.8) is 0 Å². The molecule has 0 atom stereocenters. The smallest absolute Gasteiger partial charge is 0.271 e. The number of hydrogen-bond donors (Lipinski definition) is 2. The van der Waals surface area contributed by atoms with E-state index in [-0.39, 0.29) is 11.8 Å². The Hall–Kier alpha value is -4.46. The lowest BCUT2D eigenvalue weighted by Crippen LogP contribution is -2.21. The summed E-state index contributed by atoms with van der Waals surface area (Å²) >= 11 is 0. The van der Waals surface area contributed by atoms with Crippen molar-refractivity contribution in [3.8, 4) is 11.5 Å². The van der Waals surface area contributed by atoms with Gasteiger partial charge >= 0.3 is 0 Å². The number of methoxy groups -OCH3 is 2. The normalized spacial score (nSPS) is 11.6.